The maximum Gasteiger partial charge on any atom is 0.0696 e. The smallest absolute Gasteiger partial charge is 0.0696 e. The fourth-order valence-electron chi connectivity index (χ4n) is 0.371. The maximum absolute atomic E-state index is 4.69. The molecule has 0 saturated heterocycles. The van der Waals surface area contributed by atoms with E-state index in [9.17, 15) is 0 Å². The summed E-state index contributed by atoms with van der Waals surface area (Å²) in [6.07, 6.45) is 1.12. The number of hydrogen-bond acceptors (Lipinski definition) is 3. The monoisotopic (exact) mass is 180 g/mol. The number of hydrogen-bond donors (Lipinski definition) is 0. The van der Waals surface area contributed by atoms with Gasteiger partial charge < -0.3 is 14.2 Å². The van der Waals surface area contributed by atoms with Gasteiger partial charge in [-0.1, -0.05) is 14.4 Å². The fraction of sp³-hybridized carbons (Fsp3) is 1.00. The normalized spacial score (nSPS) is 8.00. The Labute approximate surface area is 77.0 Å². The first-order chi connectivity index (χ1) is 5.33. The van der Waals surface area contributed by atoms with Crippen molar-refractivity contribution in [3.63, 3.8) is 0 Å². The minimum atomic E-state index is 0. The summed E-state index contributed by atoms with van der Waals surface area (Å²) in [6, 6.07) is 0. The van der Waals surface area contributed by atoms with Crippen LogP contribution in [0.1, 0.15) is 20.8 Å². The van der Waals surface area contributed by atoms with E-state index in [0.29, 0.717) is 13.2 Å². The van der Waals surface area contributed by atoms with Crippen LogP contribution in [0.25, 0.3) is 0 Å². The molecular weight excluding hydrogens is 156 g/mol. The summed E-state index contributed by atoms with van der Waals surface area (Å²) in [4.78, 5) is 0. The lowest BCUT2D eigenvalue weighted by Gasteiger charge is -1.91. The Kier molecular flexibility index (Phi) is 33.3. The van der Waals surface area contributed by atoms with Crippen molar-refractivity contribution in [2.45, 2.75) is 20.8 Å². The van der Waals surface area contributed by atoms with E-state index < -0.39 is 0 Å². The Morgan fingerprint density at radius 3 is 1.17 bits per heavy atom. The Morgan fingerprint density at radius 2 is 1.08 bits per heavy atom. The van der Waals surface area contributed by atoms with E-state index in [2.05, 4.69) is 16.4 Å². The first kappa shape index (κ1) is 17.8. The van der Waals surface area contributed by atoms with E-state index in [4.69, 9.17) is 4.74 Å². The molecule has 0 aromatic rings. The third kappa shape index (κ3) is 32.7. The first-order valence-corrected chi connectivity index (χ1v) is 3.80. The summed E-state index contributed by atoms with van der Waals surface area (Å²) < 4.78 is 14.0. The van der Waals surface area contributed by atoms with Crippen LogP contribution < -0.4 is 0 Å². The predicted molar refractivity (Wildman–Crippen MR) is 52.7 cm³/mol. The topological polar surface area (TPSA) is 27.7 Å². The zero-order valence-electron chi connectivity index (χ0n) is 8.05. The molecule has 3 heteroatoms. The fourth-order valence-corrected chi connectivity index (χ4v) is 0.371. The summed E-state index contributed by atoms with van der Waals surface area (Å²) in [5.74, 6) is 0. The van der Waals surface area contributed by atoms with Crippen molar-refractivity contribution in [2.24, 2.45) is 0 Å². The molecule has 0 rings (SSSR count). The molecule has 0 N–H and O–H groups in total. The van der Waals surface area contributed by atoms with Crippen molar-refractivity contribution >= 4 is 0 Å². The molecule has 0 fully saturated rings. The molecule has 0 aromatic heterocycles. The molecule has 0 bridgehead atoms. The Morgan fingerprint density at radius 1 is 0.750 bits per heavy atom. The van der Waals surface area contributed by atoms with Crippen molar-refractivity contribution in [2.75, 3.05) is 41.2 Å². The highest BCUT2D eigenvalue weighted by molar-refractivity contribution is 4.18. The molecule has 0 aliphatic heterocycles. The maximum atomic E-state index is 4.69. The van der Waals surface area contributed by atoms with Crippen molar-refractivity contribution in [3.8, 4) is 0 Å². The van der Waals surface area contributed by atoms with E-state index >= 15 is 0 Å². The van der Waals surface area contributed by atoms with Crippen LogP contribution in [0, 0.1) is 0 Å². The van der Waals surface area contributed by atoms with E-state index in [1.54, 1.807) is 21.3 Å². The molecule has 0 saturated carbocycles. The zero-order chi connectivity index (χ0) is 8.95. The van der Waals surface area contributed by atoms with E-state index in [-0.39, 0.29) is 7.43 Å². The van der Waals surface area contributed by atoms with E-state index in [1.165, 1.54) is 0 Å². The molecule has 0 aliphatic rings. The van der Waals surface area contributed by atoms with Gasteiger partial charge in [-0.2, -0.15) is 0 Å². The lowest BCUT2D eigenvalue weighted by molar-refractivity contribution is 0.103. The van der Waals surface area contributed by atoms with Crippen LogP contribution in [0.5, 0.6) is 0 Å². The summed E-state index contributed by atoms with van der Waals surface area (Å²) >= 11 is 0. The average Bonchev–Trinajstić information content (AvgIpc) is 2.04. The average molecular weight is 180 g/mol. The van der Waals surface area contributed by atoms with Crippen LogP contribution in [-0.2, 0) is 14.2 Å². The van der Waals surface area contributed by atoms with Crippen LogP contribution in [0.4, 0.5) is 0 Å². The van der Waals surface area contributed by atoms with E-state index in [0.717, 1.165) is 13.0 Å². The standard InChI is InChI=1S/C4H10O2.C4H10O.CH4/c1-5-3-4-6-2;1-3-4-5-2;/h3-4H2,1-2H3;3-4H2,1-2H3;1H4. The van der Waals surface area contributed by atoms with Gasteiger partial charge >= 0.3 is 0 Å². The summed E-state index contributed by atoms with van der Waals surface area (Å²) in [7, 11) is 5.02. The predicted octanol–water partition coefficient (Wildman–Crippen LogP) is 1.96. The summed E-state index contributed by atoms with van der Waals surface area (Å²) in [5.41, 5.74) is 0. The zero-order valence-corrected chi connectivity index (χ0v) is 8.05. The summed E-state index contributed by atoms with van der Waals surface area (Å²) in [5, 5.41) is 0. The molecule has 12 heavy (non-hydrogen) atoms. The molecule has 0 aliphatic carbocycles. The molecule has 0 spiro atoms. The van der Waals surface area contributed by atoms with Crippen LogP contribution in [0.15, 0.2) is 0 Å². The Hall–Kier alpha value is -0.120. The quantitative estimate of drug-likeness (QED) is 0.605. The molecule has 3 nitrogen and oxygen atoms in total. The van der Waals surface area contributed by atoms with Crippen LogP contribution in [0.3, 0.4) is 0 Å². The van der Waals surface area contributed by atoms with Gasteiger partial charge in [0.15, 0.2) is 0 Å². The van der Waals surface area contributed by atoms with Crippen molar-refractivity contribution in [3.05, 3.63) is 0 Å². The third-order valence-electron chi connectivity index (χ3n) is 0.900. The summed E-state index contributed by atoms with van der Waals surface area (Å²) in [6.45, 7) is 4.36. The van der Waals surface area contributed by atoms with Gasteiger partial charge in [-0.05, 0) is 6.42 Å². The van der Waals surface area contributed by atoms with Crippen molar-refractivity contribution in [1.29, 1.82) is 0 Å². The van der Waals surface area contributed by atoms with Gasteiger partial charge in [0.1, 0.15) is 0 Å². The number of ether oxygens (including phenoxy) is 3. The highest BCUT2D eigenvalue weighted by Gasteiger charge is 1.73. The lowest BCUT2D eigenvalue weighted by atomic mass is 10.5. The number of methoxy groups -OCH3 is 3. The molecule has 78 valence electrons. The van der Waals surface area contributed by atoms with E-state index in [1.807, 2.05) is 0 Å². The highest BCUT2D eigenvalue weighted by Crippen LogP contribution is 1.70. The van der Waals surface area contributed by atoms with Crippen molar-refractivity contribution in [1.82, 2.24) is 0 Å². The highest BCUT2D eigenvalue weighted by atomic mass is 16.5. The van der Waals surface area contributed by atoms with Gasteiger partial charge in [0.05, 0.1) is 13.2 Å². The number of rotatable bonds is 5. The third-order valence-corrected chi connectivity index (χ3v) is 0.900. The van der Waals surface area contributed by atoms with Crippen LogP contribution >= 0.6 is 0 Å². The lowest BCUT2D eigenvalue weighted by Crippen LogP contribution is -1.96. The van der Waals surface area contributed by atoms with Crippen molar-refractivity contribution < 1.29 is 14.2 Å². The molecule has 0 atom stereocenters. The second kappa shape index (κ2) is 22.4. The van der Waals surface area contributed by atoms with Gasteiger partial charge in [0.25, 0.3) is 0 Å². The van der Waals surface area contributed by atoms with Gasteiger partial charge in [-0.25, -0.2) is 0 Å². The molecule has 0 heterocycles. The minimum absolute atomic E-state index is 0. The molecule has 0 radical (unpaired) electrons. The molecular formula is C9H24O3. The SMILES string of the molecule is C.CCCOC.COCCOC. The first-order valence-electron chi connectivity index (χ1n) is 3.80. The van der Waals surface area contributed by atoms with Crippen LogP contribution in [-0.4, -0.2) is 41.2 Å². The Bertz CT molecular complexity index is 43.0. The van der Waals surface area contributed by atoms with Gasteiger partial charge in [0, 0.05) is 27.9 Å². The second-order valence-corrected chi connectivity index (χ2v) is 1.98. The minimum Gasteiger partial charge on any atom is -0.385 e. The molecule has 0 aromatic carbocycles. The van der Waals surface area contributed by atoms with Crippen LogP contribution in [0.2, 0.25) is 0 Å². The molecule has 0 unspecified atom stereocenters. The second-order valence-electron chi connectivity index (χ2n) is 1.98. The van der Waals surface area contributed by atoms with Gasteiger partial charge in [-0.15, -0.1) is 0 Å². The Balaban J connectivity index is -0.000000126. The molecule has 0 amide bonds. The van der Waals surface area contributed by atoms with Gasteiger partial charge in [0.2, 0.25) is 0 Å². The largest absolute Gasteiger partial charge is 0.385 e. The van der Waals surface area contributed by atoms with Gasteiger partial charge in [-0.3, -0.25) is 0 Å².